The normalized spacial score (nSPS) is 21.0. The van der Waals surface area contributed by atoms with E-state index in [0.29, 0.717) is 24.4 Å². The summed E-state index contributed by atoms with van der Waals surface area (Å²) in [6.07, 6.45) is 3.02. The molecular weight excluding hydrogens is 332 g/mol. The number of aryl methyl sites for hydroxylation is 1. The van der Waals surface area contributed by atoms with E-state index in [1.165, 1.54) is 18.4 Å². The molecule has 1 aliphatic heterocycles. The first-order valence-corrected chi connectivity index (χ1v) is 9.33. The third kappa shape index (κ3) is 4.81. The van der Waals surface area contributed by atoms with Gasteiger partial charge in [-0.25, -0.2) is 0 Å². The molecule has 0 amide bonds. The van der Waals surface area contributed by atoms with Gasteiger partial charge in [0.1, 0.15) is 5.75 Å². The molecule has 1 aromatic heterocycles. The Labute approximate surface area is 153 Å². The molecule has 1 saturated heterocycles. The van der Waals surface area contributed by atoms with Crippen molar-refractivity contribution in [1.82, 2.24) is 20.4 Å². The lowest BCUT2D eigenvalue weighted by molar-refractivity contribution is -0.0301. The lowest BCUT2D eigenvalue weighted by Gasteiger charge is -2.33. The van der Waals surface area contributed by atoms with Gasteiger partial charge in [0.25, 0.3) is 0 Å². The third-order valence-electron chi connectivity index (χ3n) is 4.80. The van der Waals surface area contributed by atoms with Gasteiger partial charge in [-0.2, -0.15) is 4.98 Å². The van der Waals surface area contributed by atoms with E-state index in [2.05, 4.69) is 32.5 Å². The SMILES string of the molecule is Cc1nc(COc2ccc(CNC[C@@H]3CN(C4CC4)CCO3)cc2)no1. The van der Waals surface area contributed by atoms with Gasteiger partial charge in [0.15, 0.2) is 6.61 Å². The zero-order valence-corrected chi connectivity index (χ0v) is 15.2. The number of nitrogens with zero attached hydrogens (tertiary/aromatic N) is 3. The number of morpholine rings is 1. The van der Waals surface area contributed by atoms with Gasteiger partial charge in [-0.05, 0) is 30.5 Å². The van der Waals surface area contributed by atoms with Crippen molar-refractivity contribution in [3.8, 4) is 5.75 Å². The second-order valence-electron chi connectivity index (χ2n) is 7.01. The highest BCUT2D eigenvalue weighted by molar-refractivity contribution is 5.27. The van der Waals surface area contributed by atoms with Crippen LogP contribution in [-0.4, -0.2) is 53.4 Å². The fourth-order valence-corrected chi connectivity index (χ4v) is 3.27. The van der Waals surface area contributed by atoms with Crippen LogP contribution in [0.15, 0.2) is 28.8 Å². The molecule has 140 valence electrons. The molecule has 1 aromatic carbocycles. The van der Waals surface area contributed by atoms with E-state index in [-0.39, 0.29) is 0 Å². The van der Waals surface area contributed by atoms with Crippen LogP contribution in [0.1, 0.15) is 30.1 Å². The van der Waals surface area contributed by atoms with Crippen molar-refractivity contribution in [1.29, 1.82) is 0 Å². The Morgan fingerprint density at radius 3 is 2.85 bits per heavy atom. The molecule has 0 radical (unpaired) electrons. The van der Waals surface area contributed by atoms with Crippen LogP contribution in [0, 0.1) is 6.92 Å². The molecule has 1 N–H and O–H groups in total. The third-order valence-corrected chi connectivity index (χ3v) is 4.80. The van der Waals surface area contributed by atoms with Crippen molar-refractivity contribution in [2.75, 3.05) is 26.2 Å². The second kappa shape index (κ2) is 8.16. The highest BCUT2D eigenvalue weighted by Gasteiger charge is 2.32. The number of hydrogen-bond acceptors (Lipinski definition) is 7. The molecular formula is C19H26N4O3. The molecule has 4 rings (SSSR count). The van der Waals surface area contributed by atoms with E-state index in [4.69, 9.17) is 14.0 Å². The van der Waals surface area contributed by atoms with E-state index in [1.807, 2.05) is 12.1 Å². The molecule has 0 bridgehead atoms. The first-order valence-electron chi connectivity index (χ1n) is 9.33. The van der Waals surface area contributed by atoms with E-state index in [9.17, 15) is 0 Å². The summed E-state index contributed by atoms with van der Waals surface area (Å²) in [5.41, 5.74) is 1.22. The van der Waals surface area contributed by atoms with Crippen molar-refractivity contribution in [3.63, 3.8) is 0 Å². The summed E-state index contributed by atoms with van der Waals surface area (Å²) >= 11 is 0. The Bertz CT molecular complexity index is 699. The van der Waals surface area contributed by atoms with Crippen LogP contribution in [0.2, 0.25) is 0 Å². The zero-order valence-electron chi connectivity index (χ0n) is 15.2. The van der Waals surface area contributed by atoms with Gasteiger partial charge in [-0.15, -0.1) is 0 Å². The van der Waals surface area contributed by atoms with Crippen LogP contribution in [0.5, 0.6) is 5.75 Å². The smallest absolute Gasteiger partial charge is 0.223 e. The Kier molecular flexibility index (Phi) is 5.48. The highest BCUT2D eigenvalue weighted by Crippen LogP contribution is 2.28. The van der Waals surface area contributed by atoms with Gasteiger partial charge in [0.2, 0.25) is 11.7 Å². The summed E-state index contributed by atoms with van der Waals surface area (Å²) in [7, 11) is 0. The standard InChI is InChI=1S/C19H26N4O3/c1-14-21-19(22-26-14)13-25-17-6-2-15(3-7-17)10-20-11-18-12-23(8-9-24-18)16-4-5-16/h2-3,6-7,16,18,20H,4-5,8-13H2,1H3/t18-/m1/s1. The maximum atomic E-state index is 5.88. The lowest BCUT2D eigenvalue weighted by Crippen LogP contribution is -2.47. The molecule has 7 heteroatoms. The summed E-state index contributed by atoms with van der Waals surface area (Å²) in [4.78, 5) is 6.70. The Morgan fingerprint density at radius 1 is 1.27 bits per heavy atom. The minimum atomic E-state index is 0.297. The number of rotatable bonds is 8. The molecule has 0 unspecified atom stereocenters. The van der Waals surface area contributed by atoms with Gasteiger partial charge in [-0.3, -0.25) is 4.90 Å². The minimum Gasteiger partial charge on any atom is -0.485 e. The topological polar surface area (TPSA) is 72.7 Å². The van der Waals surface area contributed by atoms with Crippen molar-refractivity contribution < 1.29 is 14.0 Å². The van der Waals surface area contributed by atoms with Crippen molar-refractivity contribution in [2.45, 2.75) is 45.1 Å². The van der Waals surface area contributed by atoms with Crippen molar-refractivity contribution in [3.05, 3.63) is 41.5 Å². The zero-order chi connectivity index (χ0) is 17.8. The Balaban J connectivity index is 1.18. The largest absolute Gasteiger partial charge is 0.485 e. The molecule has 7 nitrogen and oxygen atoms in total. The average molecular weight is 358 g/mol. The average Bonchev–Trinajstić information content (AvgIpc) is 3.43. The number of ether oxygens (including phenoxy) is 2. The highest BCUT2D eigenvalue weighted by atomic mass is 16.5. The fourth-order valence-electron chi connectivity index (χ4n) is 3.27. The van der Waals surface area contributed by atoms with Crippen LogP contribution in [0.3, 0.4) is 0 Å². The van der Waals surface area contributed by atoms with Crippen molar-refractivity contribution >= 4 is 0 Å². The first-order chi connectivity index (χ1) is 12.8. The molecule has 1 atom stereocenters. The molecule has 1 saturated carbocycles. The van der Waals surface area contributed by atoms with Crippen LogP contribution in [-0.2, 0) is 17.9 Å². The van der Waals surface area contributed by atoms with E-state index in [0.717, 1.165) is 44.6 Å². The minimum absolute atomic E-state index is 0.297. The maximum absolute atomic E-state index is 5.88. The number of hydrogen-bond donors (Lipinski definition) is 1. The van der Waals surface area contributed by atoms with Crippen LogP contribution in [0.4, 0.5) is 0 Å². The molecule has 1 aliphatic carbocycles. The maximum Gasteiger partial charge on any atom is 0.223 e. The van der Waals surface area contributed by atoms with Crippen LogP contribution >= 0.6 is 0 Å². The van der Waals surface area contributed by atoms with E-state index in [1.54, 1.807) is 6.92 Å². The number of benzene rings is 1. The van der Waals surface area contributed by atoms with Gasteiger partial charge in [0, 0.05) is 39.1 Å². The molecule has 0 spiro atoms. The van der Waals surface area contributed by atoms with Crippen LogP contribution < -0.4 is 10.1 Å². The molecule has 2 aliphatic rings. The fraction of sp³-hybridized carbons (Fsp3) is 0.579. The first kappa shape index (κ1) is 17.5. The lowest BCUT2D eigenvalue weighted by atomic mass is 10.2. The number of nitrogens with one attached hydrogen (secondary N) is 1. The molecule has 26 heavy (non-hydrogen) atoms. The summed E-state index contributed by atoms with van der Waals surface area (Å²) in [6, 6.07) is 8.90. The van der Waals surface area contributed by atoms with Gasteiger partial charge in [0.05, 0.1) is 12.7 Å². The van der Waals surface area contributed by atoms with Crippen LogP contribution in [0.25, 0.3) is 0 Å². The van der Waals surface area contributed by atoms with E-state index < -0.39 is 0 Å². The van der Waals surface area contributed by atoms with Gasteiger partial charge < -0.3 is 19.3 Å². The Morgan fingerprint density at radius 2 is 2.12 bits per heavy atom. The van der Waals surface area contributed by atoms with Gasteiger partial charge >= 0.3 is 0 Å². The quantitative estimate of drug-likeness (QED) is 0.773. The summed E-state index contributed by atoms with van der Waals surface area (Å²) < 4.78 is 16.5. The van der Waals surface area contributed by atoms with Gasteiger partial charge in [-0.1, -0.05) is 17.3 Å². The predicted octanol–water partition coefficient (Wildman–Crippen LogP) is 1.91. The van der Waals surface area contributed by atoms with E-state index >= 15 is 0 Å². The summed E-state index contributed by atoms with van der Waals surface area (Å²) in [5.74, 6) is 1.90. The summed E-state index contributed by atoms with van der Waals surface area (Å²) in [6.45, 7) is 6.79. The Hall–Kier alpha value is -1.96. The predicted molar refractivity (Wildman–Crippen MR) is 95.9 cm³/mol. The molecule has 2 aromatic rings. The second-order valence-corrected chi connectivity index (χ2v) is 7.01. The molecule has 2 fully saturated rings. The monoisotopic (exact) mass is 358 g/mol. The molecule has 2 heterocycles. The van der Waals surface area contributed by atoms with Crippen molar-refractivity contribution in [2.24, 2.45) is 0 Å². The summed E-state index contributed by atoms with van der Waals surface area (Å²) in [5, 5.41) is 7.32. The number of aromatic nitrogens is 2.